The molecule has 3 heterocycles. The second kappa shape index (κ2) is 5.02. The number of hydrogen-bond acceptors (Lipinski definition) is 5. The molecule has 0 spiro atoms. The topological polar surface area (TPSA) is 54.3 Å². The zero-order valence-corrected chi connectivity index (χ0v) is 14.1. The van der Waals surface area contributed by atoms with Crippen molar-refractivity contribution < 1.29 is 9.53 Å². The molecule has 0 saturated heterocycles. The number of carbonyl (C=O) groups is 1. The molecule has 0 saturated carbocycles. The van der Waals surface area contributed by atoms with E-state index in [1.807, 2.05) is 31.2 Å². The van der Waals surface area contributed by atoms with Crippen LogP contribution in [-0.4, -0.2) is 24.9 Å². The summed E-state index contributed by atoms with van der Waals surface area (Å²) in [5.74, 6) is 1.78. The van der Waals surface area contributed by atoms with Gasteiger partial charge < -0.3 is 9.64 Å². The highest BCUT2D eigenvalue weighted by atomic mass is 16.5. The number of para-hydroxylation sites is 1. The Morgan fingerprint density at radius 2 is 2.16 bits per heavy atom. The molecule has 5 rings (SSSR count). The fourth-order valence-electron chi connectivity index (χ4n) is 3.95. The molecule has 0 radical (unpaired) electrons. The number of fused-ring (bicyclic) bond motifs is 7. The summed E-state index contributed by atoms with van der Waals surface area (Å²) in [5.41, 5.74) is 4.92. The number of Topliss-reactive ketones (excluding diaryl/α,β-unsaturated/α-hetero) is 1. The third-order valence-electron chi connectivity index (χ3n) is 5.19. The van der Waals surface area contributed by atoms with Crippen molar-refractivity contribution in [2.24, 2.45) is 21.8 Å². The van der Waals surface area contributed by atoms with Gasteiger partial charge in [-0.1, -0.05) is 25.1 Å². The van der Waals surface area contributed by atoms with Gasteiger partial charge in [0.2, 0.25) is 0 Å². The zero-order chi connectivity index (χ0) is 17.1. The van der Waals surface area contributed by atoms with E-state index in [9.17, 15) is 4.79 Å². The van der Waals surface area contributed by atoms with Gasteiger partial charge in [0.1, 0.15) is 17.2 Å². The van der Waals surface area contributed by atoms with Crippen molar-refractivity contribution in [2.75, 3.05) is 12.0 Å². The van der Waals surface area contributed by atoms with E-state index in [-0.39, 0.29) is 17.6 Å². The summed E-state index contributed by atoms with van der Waals surface area (Å²) >= 11 is 0. The molecule has 0 aromatic heterocycles. The molecule has 2 unspecified atom stereocenters. The van der Waals surface area contributed by atoms with Gasteiger partial charge in [0.15, 0.2) is 5.84 Å². The van der Waals surface area contributed by atoms with Gasteiger partial charge in [0.05, 0.1) is 18.5 Å². The van der Waals surface area contributed by atoms with Crippen molar-refractivity contribution in [1.82, 2.24) is 0 Å². The molecule has 124 valence electrons. The Morgan fingerprint density at radius 3 is 3.00 bits per heavy atom. The van der Waals surface area contributed by atoms with E-state index in [1.54, 1.807) is 13.3 Å². The minimum absolute atomic E-state index is 0.0744. The fourth-order valence-corrected chi connectivity index (χ4v) is 3.95. The number of ether oxygens (including phenoxy) is 1. The minimum atomic E-state index is -0.0744. The van der Waals surface area contributed by atoms with Crippen LogP contribution in [0.2, 0.25) is 0 Å². The number of ketones is 1. The van der Waals surface area contributed by atoms with Crippen LogP contribution in [0.3, 0.4) is 0 Å². The van der Waals surface area contributed by atoms with E-state index in [1.165, 1.54) is 0 Å². The molecular formula is C20H17N3O2. The number of amidine groups is 1. The van der Waals surface area contributed by atoms with Gasteiger partial charge >= 0.3 is 0 Å². The highest BCUT2D eigenvalue weighted by Gasteiger charge is 2.41. The quantitative estimate of drug-likeness (QED) is 0.790. The molecule has 1 aromatic rings. The molecule has 3 aliphatic heterocycles. The Hall–Kier alpha value is -2.95. The first-order valence-corrected chi connectivity index (χ1v) is 8.44. The van der Waals surface area contributed by atoms with Crippen molar-refractivity contribution in [2.45, 2.75) is 13.3 Å². The third kappa shape index (κ3) is 1.92. The maximum absolute atomic E-state index is 12.2. The van der Waals surface area contributed by atoms with Crippen LogP contribution in [0, 0.1) is 11.8 Å². The van der Waals surface area contributed by atoms with E-state index in [0.29, 0.717) is 12.3 Å². The summed E-state index contributed by atoms with van der Waals surface area (Å²) in [6.45, 7) is 1.96. The lowest BCUT2D eigenvalue weighted by Crippen LogP contribution is -2.27. The van der Waals surface area contributed by atoms with Gasteiger partial charge in [-0.25, -0.2) is 9.98 Å². The molecule has 5 nitrogen and oxygen atoms in total. The van der Waals surface area contributed by atoms with Gasteiger partial charge in [-0.3, -0.25) is 4.79 Å². The zero-order valence-electron chi connectivity index (χ0n) is 14.1. The van der Waals surface area contributed by atoms with Gasteiger partial charge in [-0.05, 0) is 18.2 Å². The Kier molecular flexibility index (Phi) is 2.89. The second-order valence-electron chi connectivity index (χ2n) is 6.67. The molecule has 4 aliphatic rings. The predicted octanol–water partition coefficient (Wildman–Crippen LogP) is 3.56. The minimum Gasteiger partial charge on any atom is -0.494 e. The Bertz CT molecular complexity index is 965. The summed E-state index contributed by atoms with van der Waals surface area (Å²) in [5, 5.41) is 0. The van der Waals surface area contributed by atoms with Crippen LogP contribution in [0.5, 0.6) is 5.75 Å². The number of carbonyl (C=O) groups excluding carboxylic acids is 1. The summed E-state index contributed by atoms with van der Waals surface area (Å²) in [6.07, 6.45) is 8.56. The lowest BCUT2D eigenvalue weighted by atomic mass is 9.86. The number of benzene rings is 1. The summed E-state index contributed by atoms with van der Waals surface area (Å²) in [4.78, 5) is 23.6. The smallest absolute Gasteiger partial charge is 0.161 e. The third-order valence-corrected chi connectivity index (χ3v) is 5.19. The number of nitrogens with zero attached hydrogens (tertiary/aromatic N) is 3. The standard InChI is InChI=1S/C20H17N3O2/c1-11-8-15-12(10-17(11)24)9-16-13-6-7-21-20(13)22-14-4-3-5-18(25-2)19(14)23(15)16/h3-9,11-12H,10H2,1-2H3. The number of allylic oxidation sites excluding steroid dienone is 3. The van der Waals surface area contributed by atoms with Crippen molar-refractivity contribution in [3.8, 4) is 5.75 Å². The highest BCUT2D eigenvalue weighted by Crippen LogP contribution is 2.51. The lowest BCUT2D eigenvalue weighted by molar-refractivity contribution is -0.121. The summed E-state index contributed by atoms with van der Waals surface area (Å²) < 4.78 is 5.64. The first kappa shape index (κ1) is 14.4. The Balaban J connectivity index is 1.80. The Labute approximate surface area is 145 Å². The van der Waals surface area contributed by atoms with Crippen molar-refractivity contribution in [1.29, 1.82) is 0 Å². The van der Waals surface area contributed by atoms with Gasteiger partial charge in [0, 0.05) is 35.7 Å². The fraction of sp³-hybridized carbons (Fsp3) is 0.250. The van der Waals surface area contributed by atoms with Crippen molar-refractivity contribution in [3.63, 3.8) is 0 Å². The number of hydrogen-bond donors (Lipinski definition) is 0. The van der Waals surface area contributed by atoms with Crippen LogP contribution in [0.4, 0.5) is 11.4 Å². The van der Waals surface area contributed by atoms with E-state index in [2.05, 4.69) is 22.0 Å². The van der Waals surface area contributed by atoms with Gasteiger partial charge in [0.25, 0.3) is 0 Å². The highest BCUT2D eigenvalue weighted by molar-refractivity contribution is 6.17. The van der Waals surface area contributed by atoms with Crippen LogP contribution in [-0.2, 0) is 4.79 Å². The maximum Gasteiger partial charge on any atom is 0.161 e. The number of aliphatic imine (C=N–C) groups is 2. The summed E-state index contributed by atoms with van der Waals surface area (Å²) in [6, 6.07) is 5.86. The molecule has 0 fully saturated rings. The number of rotatable bonds is 1. The molecule has 25 heavy (non-hydrogen) atoms. The average Bonchev–Trinajstić information content (AvgIpc) is 3.17. The van der Waals surface area contributed by atoms with Crippen LogP contribution >= 0.6 is 0 Å². The van der Waals surface area contributed by atoms with Crippen LogP contribution in [0.25, 0.3) is 0 Å². The van der Waals surface area contributed by atoms with Crippen LogP contribution < -0.4 is 9.64 Å². The molecule has 0 bridgehead atoms. The number of methoxy groups -OCH3 is 1. The maximum atomic E-state index is 12.2. The van der Waals surface area contributed by atoms with E-state index in [4.69, 9.17) is 9.73 Å². The average molecular weight is 331 g/mol. The molecule has 5 heteroatoms. The van der Waals surface area contributed by atoms with Gasteiger partial charge in [-0.2, -0.15) is 0 Å². The van der Waals surface area contributed by atoms with Crippen molar-refractivity contribution >= 4 is 29.2 Å². The molecule has 0 N–H and O–H groups in total. The molecule has 1 aliphatic carbocycles. The second-order valence-corrected chi connectivity index (χ2v) is 6.67. The van der Waals surface area contributed by atoms with Crippen LogP contribution in [0.1, 0.15) is 13.3 Å². The summed E-state index contributed by atoms with van der Waals surface area (Å²) in [7, 11) is 1.67. The normalized spacial score (nSPS) is 25.8. The molecule has 1 aromatic carbocycles. The van der Waals surface area contributed by atoms with Crippen molar-refractivity contribution in [3.05, 3.63) is 53.4 Å². The number of anilines is 1. The first-order valence-electron chi connectivity index (χ1n) is 8.44. The van der Waals surface area contributed by atoms with Gasteiger partial charge in [-0.15, -0.1) is 0 Å². The predicted molar refractivity (Wildman–Crippen MR) is 97.6 cm³/mol. The van der Waals surface area contributed by atoms with Crippen LogP contribution in [0.15, 0.2) is 63.4 Å². The SMILES string of the molecule is COc1cccc2c1N1C(=CC3CC(=O)C(C)C=C31)C1=CC=NC1=N2. The lowest BCUT2D eigenvalue weighted by Gasteiger charge is -2.30. The molecule has 2 atom stereocenters. The molecular weight excluding hydrogens is 314 g/mol. The largest absolute Gasteiger partial charge is 0.494 e. The van der Waals surface area contributed by atoms with E-state index < -0.39 is 0 Å². The first-order chi connectivity index (χ1) is 12.2. The Morgan fingerprint density at radius 1 is 1.28 bits per heavy atom. The van der Waals surface area contributed by atoms with E-state index >= 15 is 0 Å². The monoisotopic (exact) mass is 331 g/mol. The van der Waals surface area contributed by atoms with E-state index in [0.717, 1.165) is 34.1 Å². The molecule has 0 amide bonds.